The van der Waals surface area contributed by atoms with E-state index < -0.39 is 0 Å². The fourth-order valence-electron chi connectivity index (χ4n) is 2.55. The molecule has 136 valence electrons. The van der Waals surface area contributed by atoms with Crippen LogP contribution in [-0.4, -0.2) is 10.4 Å². The third-order valence-corrected chi connectivity index (χ3v) is 5.18. The van der Waals surface area contributed by atoms with Gasteiger partial charge in [0.1, 0.15) is 0 Å². The molecule has 0 bridgehead atoms. The topological polar surface area (TPSA) is 59.1 Å². The second-order valence-corrected chi connectivity index (χ2v) is 6.90. The van der Waals surface area contributed by atoms with Crippen molar-refractivity contribution >= 4 is 34.2 Å². The number of nitrogens with zero attached hydrogens (tertiary/aromatic N) is 4. The van der Waals surface area contributed by atoms with E-state index in [1.165, 1.54) is 11.3 Å². The summed E-state index contributed by atoms with van der Waals surface area (Å²) in [6.07, 6.45) is 1.80. The second kappa shape index (κ2) is 8.51. The lowest BCUT2D eigenvalue weighted by Gasteiger charge is -2.02. The number of allylic oxidation sites excluding steroid dienone is 1. The lowest BCUT2D eigenvalue weighted by atomic mass is 10.3. The number of hydrogen-bond donors (Lipinski definition) is 0. The van der Waals surface area contributed by atoms with Gasteiger partial charge in [0.05, 0.1) is 21.9 Å². The van der Waals surface area contributed by atoms with Crippen LogP contribution < -0.4 is 4.80 Å². The maximum atomic E-state index is 11.8. The monoisotopic (exact) mass is 376 g/mol. The van der Waals surface area contributed by atoms with Crippen LogP contribution >= 0.6 is 11.3 Å². The van der Waals surface area contributed by atoms with Crippen LogP contribution in [0, 0.1) is 6.92 Å². The van der Waals surface area contributed by atoms with Gasteiger partial charge in [-0.05, 0) is 43.3 Å². The largest absolute Gasteiger partial charge is 0.317 e. The summed E-state index contributed by atoms with van der Waals surface area (Å²) in [5.74, 6) is 0.0495. The quantitative estimate of drug-likeness (QED) is 0.300. The van der Waals surface area contributed by atoms with Gasteiger partial charge in [-0.15, -0.1) is 6.58 Å². The minimum absolute atomic E-state index is 0.0495. The molecule has 1 heterocycles. The van der Waals surface area contributed by atoms with Gasteiger partial charge in [-0.25, -0.2) is 4.99 Å². The Morgan fingerprint density at radius 3 is 2.22 bits per heavy atom. The highest BCUT2D eigenvalue weighted by Crippen LogP contribution is 2.22. The lowest BCUT2D eigenvalue weighted by molar-refractivity contribution is 0.102. The standard InChI is InChI=1S/C21H20N4OS/c1-4-14-25-15(2)20(16(3)26)27-21(25)22-17-10-12-19(13-11-17)24-23-18-8-6-5-7-9-18/h4-13H,1,14H2,2-3H3. The molecule has 0 fully saturated rings. The van der Waals surface area contributed by atoms with Crippen molar-refractivity contribution in [1.29, 1.82) is 0 Å². The van der Waals surface area contributed by atoms with Crippen LogP contribution in [0.4, 0.5) is 17.1 Å². The molecule has 5 nitrogen and oxygen atoms in total. The Morgan fingerprint density at radius 2 is 1.63 bits per heavy atom. The number of azo groups is 1. The molecular formula is C21H20N4OS. The molecule has 0 radical (unpaired) electrons. The fraction of sp³-hybridized carbons (Fsp3) is 0.143. The van der Waals surface area contributed by atoms with Gasteiger partial charge in [0.15, 0.2) is 10.6 Å². The second-order valence-electron chi connectivity index (χ2n) is 5.92. The van der Waals surface area contributed by atoms with Crippen LogP contribution in [0.5, 0.6) is 0 Å². The van der Waals surface area contributed by atoms with Crippen molar-refractivity contribution in [1.82, 2.24) is 4.57 Å². The Labute approximate surface area is 162 Å². The molecule has 0 aliphatic heterocycles. The first-order valence-electron chi connectivity index (χ1n) is 8.52. The Balaban J connectivity index is 1.89. The van der Waals surface area contributed by atoms with Crippen molar-refractivity contribution in [3.8, 4) is 0 Å². The third kappa shape index (κ3) is 4.54. The van der Waals surface area contributed by atoms with Gasteiger partial charge in [-0.1, -0.05) is 35.6 Å². The first-order valence-corrected chi connectivity index (χ1v) is 9.34. The third-order valence-electron chi connectivity index (χ3n) is 3.90. The van der Waals surface area contributed by atoms with Crippen molar-refractivity contribution in [2.24, 2.45) is 15.2 Å². The summed E-state index contributed by atoms with van der Waals surface area (Å²) in [5.41, 5.74) is 3.27. The number of rotatable bonds is 6. The minimum atomic E-state index is 0.0495. The van der Waals surface area contributed by atoms with E-state index in [0.717, 1.165) is 32.4 Å². The van der Waals surface area contributed by atoms with Crippen molar-refractivity contribution in [2.75, 3.05) is 0 Å². The Morgan fingerprint density at radius 1 is 1.04 bits per heavy atom. The van der Waals surface area contributed by atoms with Crippen LogP contribution in [0.2, 0.25) is 0 Å². The number of benzene rings is 2. The summed E-state index contributed by atoms with van der Waals surface area (Å²) < 4.78 is 2.00. The summed E-state index contributed by atoms with van der Waals surface area (Å²) in [4.78, 5) is 18.0. The van der Waals surface area contributed by atoms with E-state index in [1.807, 2.05) is 66.1 Å². The van der Waals surface area contributed by atoms with E-state index in [2.05, 4.69) is 16.8 Å². The number of ketones is 1. The smallest absolute Gasteiger partial charge is 0.191 e. The molecule has 0 aliphatic carbocycles. The first-order chi connectivity index (χ1) is 13.1. The van der Waals surface area contributed by atoms with Crippen LogP contribution in [0.15, 0.2) is 82.5 Å². The van der Waals surface area contributed by atoms with Gasteiger partial charge in [-0.2, -0.15) is 10.2 Å². The summed E-state index contributed by atoms with van der Waals surface area (Å²) in [5, 5.41) is 8.44. The van der Waals surface area contributed by atoms with Gasteiger partial charge in [0, 0.05) is 19.2 Å². The van der Waals surface area contributed by atoms with Crippen molar-refractivity contribution in [3.63, 3.8) is 0 Å². The molecule has 2 aromatic carbocycles. The van der Waals surface area contributed by atoms with Gasteiger partial charge >= 0.3 is 0 Å². The average molecular weight is 376 g/mol. The highest BCUT2D eigenvalue weighted by atomic mass is 32.1. The maximum absolute atomic E-state index is 11.8. The normalized spacial score (nSPS) is 11.9. The van der Waals surface area contributed by atoms with Gasteiger partial charge in [-0.3, -0.25) is 4.79 Å². The zero-order valence-corrected chi connectivity index (χ0v) is 16.1. The highest BCUT2D eigenvalue weighted by Gasteiger charge is 2.12. The van der Waals surface area contributed by atoms with E-state index in [-0.39, 0.29) is 5.78 Å². The molecule has 0 aliphatic rings. The van der Waals surface area contributed by atoms with Crippen LogP contribution in [-0.2, 0) is 6.54 Å². The lowest BCUT2D eigenvalue weighted by Crippen LogP contribution is -2.15. The number of aromatic nitrogens is 1. The number of thiazole rings is 1. The number of carbonyl (C=O) groups excluding carboxylic acids is 1. The van der Waals surface area contributed by atoms with E-state index >= 15 is 0 Å². The summed E-state index contributed by atoms with van der Waals surface area (Å²) in [6.45, 7) is 7.91. The summed E-state index contributed by atoms with van der Waals surface area (Å²) in [7, 11) is 0. The molecule has 0 amide bonds. The number of hydrogen-bond acceptors (Lipinski definition) is 5. The van der Waals surface area contributed by atoms with Crippen LogP contribution in [0.3, 0.4) is 0 Å². The van der Waals surface area contributed by atoms with Crippen molar-refractivity contribution < 1.29 is 4.79 Å². The van der Waals surface area contributed by atoms with Crippen LogP contribution in [0.25, 0.3) is 0 Å². The highest BCUT2D eigenvalue weighted by molar-refractivity contribution is 7.11. The van der Waals surface area contributed by atoms with Gasteiger partial charge < -0.3 is 4.57 Å². The molecule has 0 spiro atoms. The SMILES string of the molecule is C=CCn1c(C)c(C(C)=O)sc1=Nc1ccc(N=Nc2ccccc2)cc1. The summed E-state index contributed by atoms with van der Waals surface area (Å²) >= 11 is 1.40. The molecule has 0 unspecified atom stereocenters. The molecule has 0 atom stereocenters. The van der Waals surface area contributed by atoms with E-state index in [0.29, 0.717) is 6.54 Å². The predicted octanol–water partition coefficient (Wildman–Crippen LogP) is 5.89. The van der Waals surface area contributed by atoms with E-state index in [4.69, 9.17) is 4.99 Å². The zero-order chi connectivity index (χ0) is 19.2. The molecule has 0 saturated carbocycles. The molecule has 6 heteroatoms. The van der Waals surface area contributed by atoms with Gasteiger partial charge in [0.2, 0.25) is 0 Å². The fourth-order valence-corrected chi connectivity index (χ4v) is 3.61. The number of carbonyl (C=O) groups is 1. The van der Waals surface area contributed by atoms with Crippen molar-refractivity contribution in [2.45, 2.75) is 20.4 Å². The molecule has 3 rings (SSSR count). The van der Waals surface area contributed by atoms with Crippen LogP contribution in [0.1, 0.15) is 22.3 Å². The molecule has 1 aromatic heterocycles. The minimum Gasteiger partial charge on any atom is -0.317 e. The molecule has 27 heavy (non-hydrogen) atoms. The predicted molar refractivity (Wildman–Crippen MR) is 110 cm³/mol. The Hall–Kier alpha value is -3.12. The molecule has 0 saturated heterocycles. The van der Waals surface area contributed by atoms with E-state index in [1.54, 1.807) is 13.0 Å². The Bertz CT molecular complexity index is 1040. The maximum Gasteiger partial charge on any atom is 0.191 e. The average Bonchev–Trinajstić information content (AvgIpc) is 2.98. The van der Waals surface area contributed by atoms with Crippen molar-refractivity contribution in [3.05, 3.63) is 82.6 Å². The van der Waals surface area contributed by atoms with Gasteiger partial charge in [0.25, 0.3) is 0 Å². The first kappa shape index (κ1) is 18.7. The summed E-state index contributed by atoms with van der Waals surface area (Å²) in [6, 6.07) is 17.1. The molecular weight excluding hydrogens is 356 g/mol. The molecule has 3 aromatic rings. The zero-order valence-electron chi connectivity index (χ0n) is 15.3. The number of Topliss-reactive ketones (excluding diaryl/α,β-unsaturated/α-hetero) is 1. The molecule has 0 N–H and O–H groups in total. The Kier molecular flexibility index (Phi) is 5.88. The van der Waals surface area contributed by atoms with E-state index in [9.17, 15) is 4.79 Å².